The van der Waals surface area contributed by atoms with E-state index in [1.165, 1.54) is 13.8 Å². The van der Waals surface area contributed by atoms with Gasteiger partial charge >= 0.3 is 11.9 Å². The van der Waals surface area contributed by atoms with Gasteiger partial charge in [-0.1, -0.05) is 55.1 Å². The van der Waals surface area contributed by atoms with Crippen molar-refractivity contribution in [3.05, 3.63) is 48.0 Å². The van der Waals surface area contributed by atoms with Gasteiger partial charge in [-0.25, -0.2) is 4.79 Å². The van der Waals surface area contributed by atoms with E-state index in [-0.39, 0.29) is 10.9 Å². The molecule has 2 unspecified atom stereocenters. The molecular weight excluding hydrogens is 390 g/mol. The Morgan fingerprint density at radius 2 is 1.83 bits per heavy atom. The largest absolute Gasteiger partial charge is 0.392 e. The summed E-state index contributed by atoms with van der Waals surface area (Å²) in [5, 5.41) is 3.60. The number of benzene rings is 2. The van der Waals surface area contributed by atoms with Crippen molar-refractivity contribution in [3.8, 4) is 0 Å². The van der Waals surface area contributed by atoms with Crippen LogP contribution in [0.4, 0.5) is 0 Å². The third-order valence-corrected chi connectivity index (χ3v) is 6.17. The van der Waals surface area contributed by atoms with Gasteiger partial charge in [0.2, 0.25) is 0 Å². The quantitative estimate of drug-likeness (QED) is 0.442. The lowest BCUT2D eigenvalue weighted by atomic mass is 9.97. The number of carbonyl (C=O) groups excluding carboxylic acids is 4. The average molecular weight is 413 g/mol. The normalized spacial score (nSPS) is 18.2. The van der Waals surface area contributed by atoms with Crippen molar-refractivity contribution in [3.63, 3.8) is 0 Å². The van der Waals surface area contributed by atoms with Gasteiger partial charge in [0.05, 0.1) is 11.2 Å². The number of Topliss-reactive ketones (excluding diaryl/α,β-unsaturated/α-hetero) is 1. The molecule has 2 aromatic carbocycles. The molecule has 0 bridgehead atoms. The molecule has 1 heterocycles. The van der Waals surface area contributed by atoms with Crippen LogP contribution in [0.15, 0.2) is 42.5 Å². The third-order valence-electron chi connectivity index (χ3n) is 4.96. The third kappa shape index (κ3) is 5.10. The van der Waals surface area contributed by atoms with Gasteiger partial charge in [0, 0.05) is 12.5 Å². The molecule has 0 saturated carbocycles. The van der Waals surface area contributed by atoms with E-state index in [9.17, 15) is 19.2 Å². The molecule has 0 radical (unpaired) electrons. The molecule has 1 aliphatic heterocycles. The molecule has 0 aromatic heterocycles. The first-order valence-electron chi connectivity index (χ1n) is 9.56. The highest BCUT2D eigenvalue weighted by Gasteiger charge is 2.36. The number of nitrogens with one attached hydrogen (secondary N) is 1. The van der Waals surface area contributed by atoms with Crippen LogP contribution in [0.5, 0.6) is 0 Å². The predicted octanol–water partition coefficient (Wildman–Crippen LogP) is 3.13. The first kappa shape index (κ1) is 21.2. The molecule has 1 fully saturated rings. The van der Waals surface area contributed by atoms with Crippen LogP contribution in [0.3, 0.4) is 0 Å². The second-order valence-corrected chi connectivity index (χ2v) is 8.45. The summed E-state index contributed by atoms with van der Waals surface area (Å²) in [5.41, 5.74) is 0.408. The van der Waals surface area contributed by atoms with E-state index in [2.05, 4.69) is 5.32 Å². The average Bonchev–Trinajstić information content (AvgIpc) is 3.25. The van der Waals surface area contributed by atoms with E-state index < -0.39 is 29.1 Å². The number of carbonyl (C=O) groups is 4. The molecule has 2 aromatic rings. The van der Waals surface area contributed by atoms with Gasteiger partial charge in [-0.3, -0.25) is 14.4 Å². The summed E-state index contributed by atoms with van der Waals surface area (Å²) in [6.45, 7) is 3.56. The fourth-order valence-electron chi connectivity index (χ4n) is 3.34. The maximum absolute atomic E-state index is 13.1. The van der Waals surface area contributed by atoms with E-state index in [0.29, 0.717) is 18.5 Å². The van der Waals surface area contributed by atoms with Crippen LogP contribution in [-0.2, 0) is 19.1 Å². The van der Waals surface area contributed by atoms with Crippen molar-refractivity contribution in [1.29, 1.82) is 0 Å². The van der Waals surface area contributed by atoms with E-state index >= 15 is 0 Å². The van der Waals surface area contributed by atoms with Gasteiger partial charge in [-0.2, -0.15) is 0 Å². The SMILES string of the molecule is CC(=O)SC(C(=O)c1ccc2ccccc2c1)C(C)C(=O)OC(=O)[C@@H]1CCCN1. The predicted molar refractivity (Wildman–Crippen MR) is 112 cm³/mol. The van der Waals surface area contributed by atoms with Crippen LogP contribution in [-0.4, -0.2) is 40.7 Å². The molecule has 0 spiro atoms. The minimum atomic E-state index is -0.967. The van der Waals surface area contributed by atoms with E-state index in [1.54, 1.807) is 12.1 Å². The molecule has 1 N–H and O–H groups in total. The van der Waals surface area contributed by atoms with Crippen LogP contribution < -0.4 is 5.32 Å². The highest BCUT2D eigenvalue weighted by molar-refractivity contribution is 8.14. The summed E-state index contributed by atoms with van der Waals surface area (Å²) in [6.07, 6.45) is 1.45. The molecule has 152 valence electrons. The van der Waals surface area contributed by atoms with Crippen molar-refractivity contribution < 1.29 is 23.9 Å². The minimum absolute atomic E-state index is 0.285. The standard InChI is InChI=1S/C22H23NO5S/c1-13(21(26)28-22(27)18-8-5-11-23-18)20(29-14(2)24)19(25)17-10-9-15-6-3-4-7-16(15)12-17/h3-4,6-7,9-10,12-13,18,20,23H,5,8,11H2,1-2H3/t13?,18-,20?/m0/s1. The monoisotopic (exact) mass is 413 g/mol. The first-order valence-corrected chi connectivity index (χ1v) is 10.4. The van der Waals surface area contributed by atoms with E-state index in [1.807, 2.05) is 30.3 Å². The Labute approximate surface area is 173 Å². The van der Waals surface area contributed by atoms with Crippen LogP contribution in [0.25, 0.3) is 10.8 Å². The second kappa shape index (κ2) is 9.33. The van der Waals surface area contributed by atoms with Crippen molar-refractivity contribution in [1.82, 2.24) is 5.32 Å². The molecule has 1 saturated heterocycles. The van der Waals surface area contributed by atoms with Crippen LogP contribution >= 0.6 is 11.8 Å². The van der Waals surface area contributed by atoms with Crippen molar-refractivity contribution >= 4 is 45.4 Å². The van der Waals surface area contributed by atoms with Gasteiger partial charge in [0.25, 0.3) is 0 Å². The summed E-state index contributed by atoms with van der Waals surface area (Å²) in [5.74, 6) is -2.72. The lowest BCUT2D eigenvalue weighted by Crippen LogP contribution is -2.38. The zero-order chi connectivity index (χ0) is 21.0. The van der Waals surface area contributed by atoms with Gasteiger partial charge in [0.15, 0.2) is 10.9 Å². The van der Waals surface area contributed by atoms with Gasteiger partial charge in [-0.15, -0.1) is 0 Å². The Morgan fingerprint density at radius 3 is 2.48 bits per heavy atom. The van der Waals surface area contributed by atoms with E-state index in [4.69, 9.17) is 4.74 Å². The minimum Gasteiger partial charge on any atom is -0.392 e. The number of ether oxygens (including phenoxy) is 1. The van der Waals surface area contributed by atoms with Crippen LogP contribution in [0, 0.1) is 5.92 Å². The molecule has 0 aliphatic carbocycles. The summed E-state index contributed by atoms with van der Waals surface area (Å²) in [6, 6.07) is 12.4. The summed E-state index contributed by atoms with van der Waals surface area (Å²) in [7, 11) is 0. The Balaban J connectivity index is 1.79. The molecule has 29 heavy (non-hydrogen) atoms. The molecule has 1 aliphatic rings. The van der Waals surface area contributed by atoms with Crippen molar-refractivity contribution in [2.45, 2.75) is 38.0 Å². The zero-order valence-electron chi connectivity index (χ0n) is 16.3. The summed E-state index contributed by atoms with van der Waals surface area (Å²) in [4.78, 5) is 49.5. The number of hydrogen-bond acceptors (Lipinski definition) is 7. The summed E-state index contributed by atoms with van der Waals surface area (Å²) >= 11 is 0.787. The fraction of sp³-hybridized carbons (Fsp3) is 0.364. The van der Waals surface area contributed by atoms with Crippen molar-refractivity contribution in [2.24, 2.45) is 5.92 Å². The highest BCUT2D eigenvalue weighted by Crippen LogP contribution is 2.27. The number of esters is 2. The first-order chi connectivity index (χ1) is 13.9. The smallest absolute Gasteiger partial charge is 0.330 e. The fourth-order valence-corrected chi connectivity index (χ4v) is 4.26. The summed E-state index contributed by atoms with van der Waals surface area (Å²) < 4.78 is 5.00. The maximum Gasteiger partial charge on any atom is 0.330 e. The number of fused-ring (bicyclic) bond motifs is 1. The molecule has 7 heteroatoms. The number of ketones is 1. The Hall–Kier alpha value is -2.51. The number of rotatable bonds is 6. The maximum atomic E-state index is 13.1. The van der Waals surface area contributed by atoms with E-state index in [0.717, 1.165) is 29.0 Å². The zero-order valence-corrected chi connectivity index (χ0v) is 17.2. The van der Waals surface area contributed by atoms with Crippen LogP contribution in [0.2, 0.25) is 0 Å². The lowest BCUT2D eigenvalue weighted by molar-refractivity contribution is -0.163. The Bertz CT molecular complexity index is 951. The lowest BCUT2D eigenvalue weighted by Gasteiger charge is -2.20. The molecule has 0 amide bonds. The highest BCUT2D eigenvalue weighted by atomic mass is 32.2. The van der Waals surface area contributed by atoms with Crippen LogP contribution in [0.1, 0.15) is 37.0 Å². The Morgan fingerprint density at radius 1 is 1.10 bits per heavy atom. The van der Waals surface area contributed by atoms with Crippen molar-refractivity contribution in [2.75, 3.05) is 6.54 Å². The topological polar surface area (TPSA) is 89.5 Å². The molecular formula is C22H23NO5S. The van der Waals surface area contributed by atoms with Gasteiger partial charge in [-0.05, 0) is 36.2 Å². The van der Waals surface area contributed by atoms with Gasteiger partial charge < -0.3 is 10.1 Å². The molecule has 3 rings (SSSR count). The molecule has 6 nitrogen and oxygen atoms in total. The Kier molecular flexibility index (Phi) is 6.82. The number of hydrogen-bond donors (Lipinski definition) is 1. The molecule has 3 atom stereocenters. The second-order valence-electron chi connectivity index (χ2n) is 7.13. The number of thioether (sulfide) groups is 1. The van der Waals surface area contributed by atoms with Gasteiger partial charge in [0.1, 0.15) is 6.04 Å².